The van der Waals surface area contributed by atoms with Crippen LogP contribution in [0.15, 0.2) is 40.7 Å². The number of guanidine groups is 1. The lowest BCUT2D eigenvalue weighted by atomic mass is 10.1. The lowest BCUT2D eigenvalue weighted by Crippen LogP contribution is -2.41. The average molecular weight is 533 g/mol. The second-order valence-electron chi connectivity index (χ2n) is 6.40. The fourth-order valence-electron chi connectivity index (χ4n) is 3.04. The van der Waals surface area contributed by atoms with Crippen LogP contribution in [0.1, 0.15) is 29.3 Å². The predicted octanol–water partition coefficient (Wildman–Crippen LogP) is 4.05. The van der Waals surface area contributed by atoms with E-state index in [1.54, 1.807) is 11.3 Å². The Balaban J connectivity index is 0.00000280. The third-order valence-corrected chi connectivity index (χ3v) is 5.89. The molecule has 0 radical (unpaired) electrons. The topological polar surface area (TPSA) is 56.7 Å². The molecule has 0 unspecified atom stereocenters. The Morgan fingerprint density at radius 3 is 2.89 bits per heavy atom. The van der Waals surface area contributed by atoms with E-state index in [1.165, 1.54) is 10.4 Å². The summed E-state index contributed by atoms with van der Waals surface area (Å²) in [5.74, 6) is 0.880. The summed E-state index contributed by atoms with van der Waals surface area (Å²) in [4.78, 5) is 20.4. The standard InChI is InChI=1S/C20H25ClN4OS.HI/c1-2-22-20(24-13-15-5-3-4-6-17(15)21)23-10-7-19(26)25-11-8-18-16(14-25)9-12-27-18;/h3-6,9,12H,2,7-8,10-11,13-14H2,1H3,(H2,22,23,24);1H. The molecule has 1 aromatic carbocycles. The summed E-state index contributed by atoms with van der Waals surface area (Å²) in [6.07, 6.45) is 1.42. The van der Waals surface area contributed by atoms with Crippen molar-refractivity contribution in [3.05, 3.63) is 56.7 Å². The molecule has 28 heavy (non-hydrogen) atoms. The minimum Gasteiger partial charge on any atom is -0.357 e. The van der Waals surface area contributed by atoms with Gasteiger partial charge in [0.05, 0.1) is 6.54 Å². The Morgan fingerprint density at radius 2 is 2.11 bits per heavy atom. The molecule has 1 aliphatic rings. The maximum absolute atomic E-state index is 12.5. The lowest BCUT2D eigenvalue weighted by molar-refractivity contribution is -0.131. The second-order valence-corrected chi connectivity index (χ2v) is 7.81. The first-order chi connectivity index (χ1) is 13.2. The summed E-state index contributed by atoms with van der Waals surface area (Å²) in [6, 6.07) is 9.82. The van der Waals surface area contributed by atoms with Crippen molar-refractivity contribution in [1.29, 1.82) is 0 Å². The highest BCUT2D eigenvalue weighted by molar-refractivity contribution is 14.0. The molecule has 0 bridgehead atoms. The maximum Gasteiger partial charge on any atom is 0.224 e. The number of rotatable bonds is 6. The number of aliphatic imine (C=N–C) groups is 1. The van der Waals surface area contributed by atoms with Gasteiger partial charge in [-0.05, 0) is 42.0 Å². The molecule has 2 heterocycles. The summed E-state index contributed by atoms with van der Waals surface area (Å²) >= 11 is 7.97. The van der Waals surface area contributed by atoms with E-state index in [9.17, 15) is 4.79 Å². The van der Waals surface area contributed by atoms with E-state index in [4.69, 9.17) is 11.6 Å². The summed E-state index contributed by atoms with van der Waals surface area (Å²) in [5.41, 5.74) is 2.27. The molecule has 1 aliphatic heterocycles. The zero-order chi connectivity index (χ0) is 19.1. The quantitative estimate of drug-likeness (QED) is 0.335. The predicted molar refractivity (Wildman–Crippen MR) is 128 cm³/mol. The van der Waals surface area contributed by atoms with Crippen LogP contribution in [-0.2, 0) is 24.3 Å². The first-order valence-corrected chi connectivity index (χ1v) is 10.5. The third-order valence-electron chi connectivity index (χ3n) is 4.50. The summed E-state index contributed by atoms with van der Waals surface area (Å²) in [7, 11) is 0. The van der Waals surface area contributed by atoms with Gasteiger partial charge in [0.2, 0.25) is 5.91 Å². The SMILES string of the molecule is CCNC(=NCc1ccccc1Cl)NCCC(=O)N1CCc2sccc2C1.I. The molecule has 3 rings (SSSR count). The van der Waals surface area contributed by atoms with E-state index >= 15 is 0 Å². The van der Waals surface area contributed by atoms with Gasteiger partial charge < -0.3 is 15.5 Å². The van der Waals surface area contributed by atoms with E-state index in [0.29, 0.717) is 30.5 Å². The van der Waals surface area contributed by atoms with Crippen molar-refractivity contribution < 1.29 is 4.79 Å². The van der Waals surface area contributed by atoms with Crippen LogP contribution in [0, 0.1) is 0 Å². The van der Waals surface area contributed by atoms with E-state index < -0.39 is 0 Å². The summed E-state index contributed by atoms with van der Waals surface area (Å²) < 4.78 is 0. The van der Waals surface area contributed by atoms with E-state index in [-0.39, 0.29) is 29.9 Å². The molecule has 1 amide bonds. The van der Waals surface area contributed by atoms with Crippen LogP contribution in [0.25, 0.3) is 0 Å². The lowest BCUT2D eigenvalue weighted by Gasteiger charge is -2.27. The average Bonchev–Trinajstić information content (AvgIpc) is 3.15. The fraction of sp³-hybridized carbons (Fsp3) is 0.400. The van der Waals surface area contributed by atoms with E-state index in [2.05, 4.69) is 27.1 Å². The highest BCUT2D eigenvalue weighted by Gasteiger charge is 2.20. The molecule has 5 nitrogen and oxygen atoms in total. The first-order valence-electron chi connectivity index (χ1n) is 9.26. The highest BCUT2D eigenvalue weighted by Crippen LogP contribution is 2.24. The Labute approximate surface area is 192 Å². The summed E-state index contributed by atoms with van der Waals surface area (Å²) in [6.45, 7) is 5.38. The number of amides is 1. The number of carbonyl (C=O) groups is 1. The molecule has 0 saturated heterocycles. The molecule has 152 valence electrons. The molecule has 2 N–H and O–H groups in total. The molecule has 1 aromatic heterocycles. The van der Waals surface area contributed by atoms with Gasteiger partial charge in [0.1, 0.15) is 0 Å². The van der Waals surface area contributed by atoms with Gasteiger partial charge >= 0.3 is 0 Å². The van der Waals surface area contributed by atoms with Crippen molar-refractivity contribution in [1.82, 2.24) is 15.5 Å². The molecule has 0 spiro atoms. The summed E-state index contributed by atoms with van der Waals surface area (Å²) in [5, 5.41) is 9.27. The molecule has 2 aromatic rings. The number of halogens is 2. The number of hydrogen-bond donors (Lipinski definition) is 2. The Hall–Kier alpha value is -1.32. The van der Waals surface area contributed by atoms with Gasteiger partial charge in [-0.15, -0.1) is 35.3 Å². The number of carbonyl (C=O) groups excluding carboxylic acids is 1. The zero-order valence-corrected chi connectivity index (χ0v) is 19.8. The van der Waals surface area contributed by atoms with Crippen LogP contribution in [-0.4, -0.2) is 36.4 Å². The van der Waals surface area contributed by atoms with Crippen molar-refractivity contribution in [3.63, 3.8) is 0 Å². The second kappa shape index (κ2) is 11.6. The minimum absolute atomic E-state index is 0. The minimum atomic E-state index is 0. The zero-order valence-electron chi connectivity index (χ0n) is 15.9. The number of benzene rings is 1. The maximum atomic E-state index is 12.5. The van der Waals surface area contributed by atoms with E-state index in [0.717, 1.165) is 31.6 Å². The fourth-order valence-corrected chi connectivity index (χ4v) is 4.13. The van der Waals surface area contributed by atoms with Crippen molar-refractivity contribution in [3.8, 4) is 0 Å². The monoisotopic (exact) mass is 532 g/mol. The van der Waals surface area contributed by atoms with Crippen molar-refractivity contribution in [2.45, 2.75) is 32.9 Å². The first kappa shape index (κ1) is 23.0. The van der Waals surface area contributed by atoms with Gasteiger partial charge in [0, 0.05) is 42.5 Å². The van der Waals surface area contributed by atoms with Gasteiger partial charge in [0.15, 0.2) is 5.96 Å². The van der Waals surface area contributed by atoms with Crippen LogP contribution in [0.5, 0.6) is 0 Å². The molecule has 0 saturated carbocycles. The molecular formula is C20H26ClIN4OS. The van der Waals surface area contributed by atoms with Crippen LogP contribution in [0.3, 0.4) is 0 Å². The van der Waals surface area contributed by atoms with Crippen LogP contribution >= 0.6 is 46.9 Å². The Morgan fingerprint density at radius 1 is 1.29 bits per heavy atom. The van der Waals surface area contributed by atoms with Gasteiger partial charge in [-0.3, -0.25) is 4.79 Å². The van der Waals surface area contributed by atoms with Gasteiger partial charge in [-0.1, -0.05) is 29.8 Å². The van der Waals surface area contributed by atoms with Gasteiger partial charge in [0.25, 0.3) is 0 Å². The third kappa shape index (κ3) is 6.35. The number of nitrogens with one attached hydrogen (secondary N) is 2. The van der Waals surface area contributed by atoms with Crippen molar-refractivity contribution in [2.24, 2.45) is 4.99 Å². The number of nitrogens with zero attached hydrogens (tertiary/aromatic N) is 2. The van der Waals surface area contributed by atoms with Crippen LogP contribution < -0.4 is 10.6 Å². The van der Waals surface area contributed by atoms with Crippen molar-refractivity contribution in [2.75, 3.05) is 19.6 Å². The van der Waals surface area contributed by atoms with Crippen LogP contribution in [0.4, 0.5) is 0 Å². The van der Waals surface area contributed by atoms with Gasteiger partial charge in [-0.25, -0.2) is 4.99 Å². The number of thiophene rings is 1. The van der Waals surface area contributed by atoms with Gasteiger partial charge in [-0.2, -0.15) is 0 Å². The Bertz CT molecular complexity index is 811. The molecular weight excluding hydrogens is 507 g/mol. The van der Waals surface area contributed by atoms with E-state index in [1.807, 2.05) is 36.1 Å². The highest BCUT2D eigenvalue weighted by atomic mass is 127. The number of hydrogen-bond acceptors (Lipinski definition) is 3. The molecule has 0 aliphatic carbocycles. The number of fused-ring (bicyclic) bond motifs is 1. The smallest absolute Gasteiger partial charge is 0.224 e. The normalized spacial score (nSPS) is 13.5. The van der Waals surface area contributed by atoms with Crippen LogP contribution in [0.2, 0.25) is 5.02 Å². The molecule has 8 heteroatoms. The van der Waals surface area contributed by atoms with Crippen molar-refractivity contribution >= 4 is 58.8 Å². The Kier molecular flexibility index (Phi) is 9.53. The largest absolute Gasteiger partial charge is 0.357 e. The molecule has 0 atom stereocenters. The molecule has 0 fully saturated rings.